The van der Waals surface area contributed by atoms with Crippen LogP contribution in [-0.4, -0.2) is 20.1 Å². The Hall–Kier alpha value is -2.61. The summed E-state index contributed by atoms with van der Waals surface area (Å²) in [7, 11) is -4.35. The molecule has 156 valence electrons. The zero-order valence-corrected chi connectivity index (χ0v) is 17.4. The van der Waals surface area contributed by atoms with Crippen molar-refractivity contribution in [2.45, 2.75) is 23.8 Å². The summed E-state index contributed by atoms with van der Waals surface area (Å²) in [6.45, 7) is 1.77. The minimum atomic E-state index is -4.35. The summed E-state index contributed by atoms with van der Waals surface area (Å²) in [4.78, 5) is 12.4. The Morgan fingerprint density at radius 1 is 0.933 bits per heavy atom. The second kappa shape index (κ2) is 8.63. The topological polar surface area (TPSA) is 63.2 Å². The molecule has 3 aromatic rings. The van der Waals surface area contributed by atoms with Crippen LogP contribution < -0.4 is 4.72 Å². The van der Waals surface area contributed by atoms with E-state index < -0.39 is 27.8 Å². The van der Waals surface area contributed by atoms with E-state index in [0.29, 0.717) is 0 Å². The third-order valence-corrected chi connectivity index (χ3v) is 6.20. The lowest BCUT2D eigenvalue weighted by Gasteiger charge is -2.27. The summed E-state index contributed by atoms with van der Waals surface area (Å²) in [5.74, 6) is -5.55. The minimum Gasteiger partial charge on any atom is -0.287 e. The summed E-state index contributed by atoms with van der Waals surface area (Å²) in [5.41, 5.74) is 0.494. The number of aryl methyl sites for hydroxylation is 1. The van der Waals surface area contributed by atoms with Crippen molar-refractivity contribution in [1.82, 2.24) is 4.72 Å². The number of carbonyl (C=O) groups excluding carboxylic acids is 1. The molecular weight excluding hydrogens is 432 g/mol. The van der Waals surface area contributed by atoms with E-state index in [1.54, 1.807) is 25.1 Å². The maximum atomic E-state index is 15.4. The molecule has 8 heteroatoms. The first-order chi connectivity index (χ1) is 14.1. The number of benzene rings is 3. The molecule has 0 aliphatic heterocycles. The number of nitrogens with one attached hydrogen (secondary N) is 1. The molecule has 30 heavy (non-hydrogen) atoms. The van der Waals surface area contributed by atoms with Crippen LogP contribution in [0.4, 0.5) is 8.78 Å². The second-order valence-corrected chi connectivity index (χ2v) is 8.89. The third kappa shape index (κ3) is 4.75. The van der Waals surface area contributed by atoms with Gasteiger partial charge in [0.05, 0.1) is 4.90 Å². The first kappa shape index (κ1) is 22.1. The molecule has 0 bridgehead atoms. The predicted octanol–water partition coefficient (Wildman–Crippen LogP) is 5.19. The number of alkyl halides is 2. The van der Waals surface area contributed by atoms with Crippen LogP contribution in [0.1, 0.15) is 27.5 Å². The largest absolute Gasteiger partial charge is 0.329 e. The second-order valence-electron chi connectivity index (χ2n) is 6.74. The minimum absolute atomic E-state index is 0.0932. The Bertz CT molecular complexity index is 1130. The fourth-order valence-electron chi connectivity index (χ4n) is 2.86. The van der Waals surface area contributed by atoms with Crippen molar-refractivity contribution in [2.75, 3.05) is 0 Å². The van der Waals surface area contributed by atoms with Gasteiger partial charge in [-0.3, -0.25) is 4.79 Å². The van der Waals surface area contributed by atoms with Crippen molar-refractivity contribution in [3.8, 4) is 0 Å². The maximum absolute atomic E-state index is 15.4. The molecule has 1 unspecified atom stereocenters. The quantitative estimate of drug-likeness (QED) is 0.505. The number of sulfonamides is 1. The third-order valence-electron chi connectivity index (χ3n) is 4.51. The highest BCUT2D eigenvalue weighted by Gasteiger charge is 2.50. The van der Waals surface area contributed by atoms with Crippen molar-refractivity contribution in [2.24, 2.45) is 0 Å². The van der Waals surface area contributed by atoms with Crippen LogP contribution in [0.15, 0.2) is 83.8 Å². The van der Waals surface area contributed by atoms with E-state index in [1.807, 2.05) is 4.72 Å². The van der Waals surface area contributed by atoms with E-state index in [4.69, 9.17) is 11.6 Å². The van der Waals surface area contributed by atoms with Gasteiger partial charge in [-0.1, -0.05) is 71.8 Å². The summed E-state index contributed by atoms with van der Waals surface area (Å²) < 4.78 is 58.4. The van der Waals surface area contributed by atoms with Gasteiger partial charge < -0.3 is 0 Å². The molecule has 0 saturated carbocycles. The van der Waals surface area contributed by atoms with Gasteiger partial charge in [0.25, 0.3) is 0 Å². The molecule has 0 spiro atoms. The van der Waals surface area contributed by atoms with Gasteiger partial charge in [-0.25, -0.2) is 8.42 Å². The lowest BCUT2D eigenvalue weighted by molar-refractivity contribution is -0.0111. The first-order valence-electron chi connectivity index (χ1n) is 8.93. The van der Waals surface area contributed by atoms with Crippen LogP contribution in [-0.2, 0) is 10.0 Å². The highest BCUT2D eigenvalue weighted by molar-refractivity contribution is 7.89. The summed E-state index contributed by atoms with van der Waals surface area (Å²) in [6.07, 6.45) is 0. The molecule has 0 fully saturated rings. The molecule has 0 amide bonds. The average molecular weight is 450 g/mol. The van der Waals surface area contributed by atoms with Gasteiger partial charge in [0, 0.05) is 10.6 Å². The van der Waals surface area contributed by atoms with Crippen LogP contribution in [0.3, 0.4) is 0 Å². The van der Waals surface area contributed by atoms with Crippen LogP contribution >= 0.6 is 11.6 Å². The standard InChI is InChI=1S/C22H18ClF2NO3S/c1-15-7-13-19(14-8-15)30(28,29)26-20(16-9-11-18(23)12-10-16)22(24,25)21(27)17-5-3-2-4-6-17/h2-14,20,26H,1H3. The number of carbonyl (C=O) groups is 1. The molecule has 1 atom stereocenters. The Morgan fingerprint density at radius 3 is 2.07 bits per heavy atom. The van der Waals surface area contributed by atoms with E-state index in [0.717, 1.165) is 5.56 Å². The molecule has 0 radical (unpaired) electrons. The van der Waals surface area contributed by atoms with Crippen LogP contribution in [0.2, 0.25) is 5.02 Å². The van der Waals surface area contributed by atoms with Crippen molar-refractivity contribution >= 4 is 27.4 Å². The van der Waals surface area contributed by atoms with Gasteiger partial charge in [0.2, 0.25) is 15.8 Å². The Balaban J connectivity index is 2.05. The number of Topliss-reactive ketones (excluding diaryl/α,β-unsaturated/α-hetero) is 1. The number of rotatable bonds is 7. The Morgan fingerprint density at radius 2 is 1.50 bits per heavy atom. The number of ketones is 1. The van der Waals surface area contributed by atoms with E-state index in [-0.39, 0.29) is 21.0 Å². The summed E-state index contributed by atoms with van der Waals surface area (Å²) in [5, 5.41) is 0.289. The van der Waals surface area contributed by atoms with Crippen LogP contribution in [0.25, 0.3) is 0 Å². The molecule has 3 aromatic carbocycles. The van der Waals surface area contributed by atoms with Crippen LogP contribution in [0.5, 0.6) is 0 Å². The lowest BCUT2D eigenvalue weighted by Crippen LogP contribution is -2.45. The zero-order valence-electron chi connectivity index (χ0n) is 15.8. The van der Waals surface area contributed by atoms with Crippen molar-refractivity contribution in [3.63, 3.8) is 0 Å². The monoisotopic (exact) mass is 449 g/mol. The van der Waals surface area contributed by atoms with E-state index in [1.165, 1.54) is 60.7 Å². The fourth-order valence-corrected chi connectivity index (χ4v) is 4.21. The van der Waals surface area contributed by atoms with Gasteiger partial charge >= 0.3 is 5.92 Å². The predicted molar refractivity (Wildman–Crippen MR) is 111 cm³/mol. The van der Waals surface area contributed by atoms with Crippen LogP contribution in [0, 0.1) is 6.92 Å². The molecule has 0 aromatic heterocycles. The SMILES string of the molecule is Cc1ccc(S(=O)(=O)NC(c2ccc(Cl)cc2)C(F)(F)C(=O)c2ccccc2)cc1. The van der Waals surface area contributed by atoms with E-state index in [2.05, 4.69) is 0 Å². The van der Waals surface area contributed by atoms with E-state index >= 15 is 8.78 Å². The van der Waals surface area contributed by atoms with Crippen molar-refractivity contribution < 1.29 is 22.0 Å². The Kier molecular flexibility index (Phi) is 6.36. The van der Waals surface area contributed by atoms with Gasteiger partial charge in [-0.2, -0.15) is 13.5 Å². The smallest absolute Gasteiger partial charge is 0.287 e. The molecule has 0 saturated heterocycles. The Labute approximate surface area is 178 Å². The normalized spacial score (nSPS) is 13.1. The molecular formula is C22H18ClF2NO3S. The molecule has 4 nitrogen and oxygen atoms in total. The highest BCUT2D eigenvalue weighted by Crippen LogP contribution is 2.36. The van der Waals surface area contributed by atoms with Gasteiger partial charge in [0.15, 0.2) is 0 Å². The van der Waals surface area contributed by atoms with Gasteiger partial charge in [-0.05, 0) is 36.8 Å². The number of halogens is 3. The summed E-state index contributed by atoms with van der Waals surface area (Å²) >= 11 is 5.84. The molecule has 3 rings (SSSR count). The molecule has 0 aliphatic rings. The van der Waals surface area contributed by atoms with Gasteiger partial charge in [0.1, 0.15) is 6.04 Å². The lowest BCUT2D eigenvalue weighted by atomic mass is 9.95. The summed E-state index contributed by atoms with van der Waals surface area (Å²) in [6, 6.07) is 15.8. The highest BCUT2D eigenvalue weighted by atomic mass is 35.5. The van der Waals surface area contributed by atoms with Crippen molar-refractivity contribution in [1.29, 1.82) is 0 Å². The molecule has 0 heterocycles. The van der Waals surface area contributed by atoms with E-state index in [9.17, 15) is 13.2 Å². The number of hydrogen-bond donors (Lipinski definition) is 1. The van der Waals surface area contributed by atoms with Gasteiger partial charge in [-0.15, -0.1) is 0 Å². The zero-order chi connectivity index (χ0) is 21.9. The van der Waals surface area contributed by atoms with Crippen molar-refractivity contribution in [3.05, 3.63) is 101 Å². The molecule has 0 aliphatic carbocycles. The first-order valence-corrected chi connectivity index (χ1v) is 10.8. The average Bonchev–Trinajstić information content (AvgIpc) is 2.73. The fraction of sp³-hybridized carbons (Fsp3) is 0.136. The number of hydrogen-bond acceptors (Lipinski definition) is 3. The molecule has 1 N–H and O–H groups in total. The maximum Gasteiger partial charge on any atom is 0.329 e.